The van der Waals surface area contributed by atoms with Crippen LogP contribution < -0.4 is 20.7 Å². The number of nitrogen functional groups attached to an aromatic ring is 1. The van der Waals surface area contributed by atoms with E-state index in [1.807, 2.05) is 37.3 Å². The van der Waals surface area contributed by atoms with Crippen LogP contribution in [0.2, 0.25) is 0 Å². The second kappa shape index (κ2) is 9.39. The van der Waals surface area contributed by atoms with Crippen LogP contribution in [0.1, 0.15) is 36.9 Å². The van der Waals surface area contributed by atoms with Crippen molar-refractivity contribution in [2.24, 2.45) is 5.92 Å². The van der Waals surface area contributed by atoms with E-state index in [4.69, 9.17) is 10.5 Å². The van der Waals surface area contributed by atoms with Crippen LogP contribution in [0.4, 0.5) is 11.8 Å². The number of amides is 1. The molecule has 0 aliphatic carbocycles. The van der Waals surface area contributed by atoms with Crippen molar-refractivity contribution in [2.45, 2.75) is 39.2 Å². The molecule has 0 bridgehead atoms. The van der Waals surface area contributed by atoms with Gasteiger partial charge in [-0.2, -0.15) is 4.98 Å². The molecule has 0 spiro atoms. The molecule has 150 valence electrons. The van der Waals surface area contributed by atoms with Crippen molar-refractivity contribution >= 4 is 17.7 Å². The van der Waals surface area contributed by atoms with Gasteiger partial charge >= 0.3 is 0 Å². The largest absolute Gasteiger partial charge is 0.497 e. The lowest BCUT2D eigenvalue weighted by molar-refractivity contribution is -0.121. The molecule has 1 fully saturated rings. The zero-order valence-electron chi connectivity index (χ0n) is 16.6. The maximum atomic E-state index is 12.3. The normalized spacial score (nSPS) is 16.6. The minimum Gasteiger partial charge on any atom is -0.497 e. The van der Waals surface area contributed by atoms with E-state index in [-0.39, 0.29) is 5.91 Å². The third kappa shape index (κ3) is 5.58. The number of methoxy groups -OCH3 is 1. The summed E-state index contributed by atoms with van der Waals surface area (Å²) in [6, 6.07) is 9.72. The first kappa shape index (κ1) is 19.9. The Hall–Kier alpha value is -2.83. The highest BCUT2D eigenvalue weighted by Crippen LogP contribution is 2.25. The van der Waals surface area contributed by atoms with Crippen molar-refractivity contribution in [3.63, 3.8) is 0 Å². The summed E-state index contributed by atoms with van der Waals surface area (Å²) >= 11 is 0. The van der Waals surface area contributed by atoms with E-state index in [9.17, 15) is 4.79 Å². The van der Waals surface area contributed by atoms with Gasteiger partial charge in [-0.25, -0.2) is 4.98 Å². The number of hydrogen-bond acceptors (Lipinski definition) is 6. The number of nitrogens with two attached hydrogens (primary N) is 1. The lowest BCUT2D eigenvalue weighted by Gasteiger charge is -2.33. The number of carbonyl (C=O) groups is 1. The molecule has 1 aliphatic heterocycles. The van der Waals surface area contributed by atoms with Gasteiger partial charge in [0.05, 0.1) is 7.11 Å². The van der Waals surface area contributed by atoms with E-state index >= 15 is 0 Å². The van der Waals surface area contributed by atoms with Crippen LogP contribution in [-0.2, 0) is 11.3 Å². The van der Waals surface area contributed by atoms with Gasteiger partial charge in [0.15, 0.2) is 0 Å². The van der Waals surface area contributed by atoms with Crippen LogP contribution in [0.15, 0.2) is 30.3 Å². The number of piperidine rings is 1. The fourth-order valence-electron chi connectivity index (χ4n) is 3.65. The van der Waals surface area contributed by atoms with E-state index in [1.165, 1.54) is 0 Å². The fourth-order valence-corrected chi connectivity index (χ4v) is 3.65. The van der Waals surface area contributed by atoms with E-state index in [2.05, 4.69) is 20.2 Å². The highest BCUT2D eigenvalue weighted by molar-refractivity contribution is 5.75. The fraction of sp³-hybridized carbons (Fsp3) is 0.476. The minimum absolute atomic E-state index is 0.0852. The molecule has 7 heteroatoms. The van der Waals surface area contributed by atoms with Gasteiger partial charge in [-0.1, -0.05) is 12.1 Å². The second-order valence-electron chi connectivity index (χ2n) is 7.35. The van der Waals surface area contributed by atoms with Crippen molar-refractivity contribution in [2.75, 3.05) is 30.8 Å². The van der Waals surface area contributed by atoms with Gasteiger partial charge in [0.2, 0.25) is 11.9 Å². The molecule has 3 N–H and O–H groups in total. The van der Waals surface area contributed by atoms with E-state index < -0.39 is 0 Å². The molecule has 1 aromatic carbocycles. The molecule has 0 saturated carbocycles. The first-order valence-corrected chi connectivity index (χ1v) is 9.79. The van der Waals surface area contributed by atoms with E-state index in [0.29, 0.717) is 24.8 Å². The van der Waals surface area contributed by atoms with Crippen LogP contribution in [0, 0.1) is 12.8 Å². The lowest BCUT2D eigenvalue weighted by Crippen LogP contribution is -2.36. The van der Waals surface area contributed by atoms with Gasteiger partial charge < -0.3 is 20.7 Å². The molecule has 0 unspecified atom stereocenters. The van der Waals surface area contributed by atoms with Gasteiger partial charge in [0.25, 0.3) is 0 Å². The van der Waals surface area contributed by atoms with Crippen molar-refractivity contribution in [3.8, 4) is 5.75 Å². The molecule has 0 radical (unpaired) electrons. The molecule has 1 aliphatic rings. The lowest BCUT2D eigenvalue weighted by atomic mass is 9.93. The van der Waals surface area contributed by atoms with E-state index in [0.717, 1.165) is 55.2 Å². The zero-order valence-corrected chi connectivity index (χ0v) is 16.6. The molecule has 7 nitrogen and oxygen atoms in total. The monoisotopic (exact) mass is 383 g/mol. The molecule has 2 aromatic rings. The molecule has 3 rings (SSSR count). The number of nitrogens with one attached hydrogen (secondary N) is 1. The summed E-state index contributed by atoms with van der Waals surface area (Å²) in [4.78, 5) is 23.0. The van der Waals surface area contributed by atoms with Crippen LogP contribution in [0.25, 0.3) is 0 Å². The second-order valence-corrected chi connectivity index (χ2v) is 7.35. The Balaban J connectivity index is 1.46. The number of hydrogen-bond donors (Lipinski definition) is 2. The van der Waals surface area contributed by atoms with Gasteiger partial charge in [-0.3, -0.25) is 4.79 Å². The Morgan fingerprint density at radius 1 is 1.36 bits per heavy atom. The summed E-state index contributed by atoms with van der Waals surface area (Å²) in [7, 11) is 1.64. The summed E-state index contributed by atoms with van der Waals surface area (Å²) in [5.41, 5.74) is 7.70. The van der Waals surface area contributed by atoms with Crippen LogP contribution >= 0.6 is 0 Å². The number of rotatable bonds is 7. The average Bonchev–Trinajstić information content (AvgIpc) is 2.70. The van der Waals surface area contributed by atoms with Gasteiger partial charge in [-0.05, 0) is 49.8 Å². The number of nitrogens with zero attached hydrogens (tertiary/aromatic N) is 3. The molecule has 1 atom stereocenters. The number of aryl methyl sites for hydroxylation is 1. The predicted octanol–water partition coefficient (Wildman–Crippen LogP) is 2.69. The standard InChI is InChI=1S/C21H29N5O2/c1-15-11-19(25-21(22)24-15)26-10-4-6-16(14-26)8-9-20(27)23-13-17-5-3-7-18(12-17)28-2/h3,5,7,11-12,16H,4,6,8-10,13-14H2,1-2H3,(H,23,27)(H2,22,24,25)/t16-/m1/s1. The number of carbonyl (C=O) groups excluding carboxylic acids is 1. The van der Waals surface area contributed by atoms with Crippen molar-refractivity contribution in [1.29, 1.82) is 0 Å². The Morgan fingerprint density at radius 2 is 2.21 bits per heavy atom. The van der Waals surface area contributed by atoms with E-state index in [1.54, 1.807) is 7.11 Å². The smallest absolute Gasteiger partial charge is 0.222 e. The Labute approximate surface area is 166 Å². The third-order valence-corrected chi connectivity index (χ3v) is 5.10. The Bertz CT molecular complexity index is 791. The van der Waals surface area contributed by atoms with Crippen LogP contribution in [0.3, 0.4) is 0 Å². The number of ether oxygens (including phenoxy) is 1. The molecule has 1 aromatic heterocycles. The quantitative estimate of drug-likeness (QED) is 0.764. The summed E-state index contributed by atoms with van der Waals surface area (Å²) < 4.78 is 5.22. The topological polar surface area (TPSA) is 93.4 Å². The van der Waals surface area contributed by atoms with Crippen LogP contribution in [-0.4, -0.2) is 36.1 Å². The third-order valence-electron chi connectivity index (χ3n) is 5.10. The molecule has 1 amide bonds. The number of benzene rings is 1. The number of anilines is 2. The summed E-state index contributed by atoms with van der Waals surface area (Å²) in [6.07, 6.45) is 3.64. The van der Waals surface area contributed by atoms with Crippen molar-refractivity contribution in [3.05, 3.63) is 41.6 Å². The average molecular weight is 383 g/mol. The molecule has 2 heterocycles. The van der Waals surface area contributed by atoms with Gasteiger partial charge in [-0.15, -0.1) is 0 Å². The highest BCUT2D eigenvalue weighted by Gasteiger charge is 2.22. The highest BCUT2D eigenvalue weighted by atomic mass is 16.5. The molecule has 28 heavy (non-hydrogen) atoms. The minimum atomic E-state index is 0.0852. The molecular weight excluding hydrogens is 354 g/mol. The Morgan fingerprint density at radius 3 is 3.00 bits per heavy atom. The Kier molecular flexibility index (Phi) is 6.68. The first-order valence-electron chi connectivity index (χ1n) is 9.79. The predicted molar refractivity (Wildman–Crippen MR) is 110 cm³/mol. The summed E-state index contributed by atoms with van der Waals surface area (Å²) in [5, 5.41) is 3.00. The van der Waals surface area contributed by atoms with Crippen molar-refractivity contribution in [1.82, 2.24) is 15.3 Å². The zero-order chi connectivity index (χ0) is 19.9. The van der Waals surface area contributed by atoms with Crippen LogP contribution in [0.5, 0.6) is 5.75 Å². The maximum absolute atomic E-state index is 12.3. The molecular formula is C21H29N5O2. The maximum Gasteiger partial charge on any atom is 0.222 e. The first-order chi connectivity index (χ1) is 13.5. The summed E-state index contributed by atoms with van der Waals surface area (Å²) in [6.45, 7) is 4.31. The SMILES string of the molecule is COc1cccc(CNC(=O)CC[C@H]2CCCN(c3cc(C)nc(N)n3)C2)c1. The number of aromatic nitrogens is 2. The van der Waals surface area contributed by atoms with Crippen molar-refractivity contribution < 1.29 is 9.53 Å². The van der Waals surface area contributed by atoms with Gasteiger partial charge in [0.1, 0.15) is 11.6 Å². The summed E-state index contributed by atoms with van der Waals surface area (Å²) in [5.74, 6) is 2.57. The van der Waals surface area contributed by atoms with Gasteiger partial charge in [0, 0.05) is 37.8 Å². The molecule has 1 saturated heterocycles.